The van der Waals surface area contributed by atoms with Crippen molar-refractivity contribution in [3.63, 3.8) is 0 Å². The number of hydrogen-bond donors (Lipinski definition) is 2. The van der Waals surface area contributed by atoms with Crippen molar-refractivity contribution in [1.29, 1.82) is 0 Å². The molecule has 0 fully saturated rings. The van der Waals surface area contributed by atoms with Crippen molar-refractivity contribution in [3.8, 4) is 0 Å². The zero-order valence-electron chi connectivity index (χ0n) is 9.11. The van der Waals surface area contributed by atoms with E-state index in [0.29, 0.717) is 18.2 Å². The van der Waals surface area contributed by atoms with Crippen molar-refractivity contribution >= 4 is 28.9 Å². The molecule has 0 aromatic heterocycles. The minimum absolute atomic E-state index is 0.0965. The van der Waals surface area contributed by atoms with E-state index < -0.39 is 0 Å². The van der Waals surface area contributed by atoms with Crippen LogP contribution in [0, 0.1) is 0 Å². The van der Waals surface area contributed by atoms with Gasteiger partial charge in [0.25, 0.3) is 0 Å². The number of halogens is 1. The molecule has 0 heterocycles. The summed E-state index contributed by atoms with van der Waals surface area (Å²) in [4.78, 5) is 1.80. The van der Waals surface area contributed by atoms with Crippen molar-refractivity contribution in [2.45, 2.75) is 6.54 Å². The first-order chi connectivity index (χ1) is 7.63. The summed E-state index contributed by atoms with van der Waals surface area (Å²) in [6.07, 6.45) is 0. The van der Waals surface area contributed by atoms with E-state index in [9.17, 15) is 0 Å². The van der Waals surface area contributed by atoms with Gasteiger partial charge < -0.3 is 15.3 Å². The molecule has 88 valence electrons. The van der Waals surface area contributed by atoms with E-state index in [1.165, 1.54) is 0 Å². The van der Waals surface area contributed by atoms with Gasteiger partial charge in [-0.2, -0.15) is 0 Å². The highest BCUT2D eigenvalue weighted by molar-refractivity contribution is 7.80. The number of thiocarbonyl (C=S) groups is 1. The van der Waals surface area contributed by atoms with E-state index >= 15 is 0 Å². The van der Waals surface area contributed by atoms with Gasteiger partial charge in [0.2, 0.25) is 0 Å². The van der Waals surface area contributed by atoms with Crippen molar-refractivity contribution in [1.82, 2.24) is 10.2 Å². The van der Waals surface area contributed by atoms with Gasteiger partial charge in [0.1, 0.15) is 0 Å². The highest BCUT2D eigenvalue weighted by Crippen LogP contribution is 2.09. The summed E-state index contributed by atoms with van der Waals surface area (Å²) in [5, 5.41) is 13.2. The zero-order valence-corrected chi connectivity index (χ0v) is 10.7. The average Bonchev–Trinajstić information content (AvgIpc) is 2.28. The maximum absolute atomic E-state index is 8.76. The van der Waals surface area contributed by atoms with Crippen molar-refractivity contribution < 1.29 is 5.11 Å². The lowest BCUT2D eigenvalue weighted by Gasteiger charge is -2.19. The first kappa shape index (κ1) is 13.2. The summed E-state index contributed by atoms with van der Waals surface area (Å²) < 4.78 is 0. The maximum atomic E-state index is 8.76. The Labute approximate surface area is 106 Å². The molecule has 1 aromatic rings. The SMILES string of the molecule is CN(CCO)C(=S)NCc1ccc(Cl)cc1. The fourth-order valence-corrected chi connectivity index (χ4v) is 1.46. The molecule has 0 radical (unpaired) electrons. The number of aliphatic hydroxyl groups excluding tert-OH is 1. The molecule has 0 aliphatic rings. The van der Waals surface area contributed by atoms with Crippen LogP contribution in [0.25, 0.3) is 0 Å². The first-order valence-corrected chi connectivity index (χ1v) is 5.76. The molecule has 0 amide bonds. The van der Waals surface area contributed by atoms with Gasteiger partial charge in [0, 0.05) is 25.2 Å². The minimum atomic E-state index is 0.0965. The minimum Gasteiger partial charge on any atom is -0.395 e. The second kappa shape index (κ2) is 6.68. The lowest BCUT2D eigenvalue weighted by Crippen LogP contribution is -2.38. The van der Waals surface area contributed by atoms with Crippen LogP contribution in [0.3, 0.4) is 0 Å². The van der Waals surface area contributed by atoms with Crippen molar-refractivity contribution in [3.05, 3.63) is 34.9 Å². The molecule has 16 heavy (non-hydrogen) atoms. The van der Waals surface area contributed by atoms with Crippen LogP contribution in [0.2, 0.25) is 5.02 Å². The van der Waals surface area contributed by atoms with E-state index in [2.05, 4.69) is 5.32 Å². The molecular formula is C11H15ClN2OS. The quantitative estimate of drug-likeness (QED) is 0.805. The normalized spacial score (nSPS) is 9.94. The van der Waals surface area contributed by atoms with Gasteiger partial charge in [-0.05, 0) is 29.9 Å². The Bertz CT molecular complexity index is 342. The Kier molecular flexibility index (Phi) is 5.52. The fraction of sp³-hybridized carbons (Fsp3) is 0.364. The summed E-state index contributed by atoms with van der Waals surface area (Å²) in [6.45, 7) is 1.29. The average molecular weight is 259 g/mol. The van der Waals surface area contributed by atoms with E-state index in [1.807, 2.05) is 31.3 Å². The highest BCUT2D eigenvalue weighted by atomic mass is 35.5. The second-order valence-corrected chi connectivity index (χ2v) is 4.25. The number of hydrogen-bond acceptors (Lipinski definition) is 2. The Morgan fingerprint density at radius 1 is 1.44 bits per heavy atom. The molecule has 1 aromatic carbocycles. The molecule has 1 rings (SSSR count). The van der Waals surface area contributed by atoms with Crippen LogP contribution < -0.4 is 5.32 Å². The van der Waals surface area contributed by atoms with Gasteiger partial charge in [-0.1, -0.05) is 23.7 Å². The molecule has 0 saturated heterocycles. The molecule has 0 atom stereocenters. The lowest BCUT2D eigenvalue weighted by molar-refractivity contribution is 0.263. The first-order valence-electron chi connectivity index (χ1n) is 4.97. The van der Waals surface area contributed by atoms with Crippen LogP contribution in [0.4, 0.5) is 0 Å². The van der Waals surface area contributed by atoms with Gasteiger partial charge in [-0.25, -0.2) is 0 Å². The van der Waals surface area contributed by atoms with Crippen LogP contribution in [0.5, 0.6) is 0 Å². The molecule has 0 spiro atoms. The number of benzene rings is 1. The lowest BCUT2D eigenvalue weighted by atomic mass is 10.2. The fourth-order valence-electron chi connectivity index (χ4n) is 1.17. The molecule has 0 aliphatic heterocycles. The molecule has 2 N–H and O–H groups in total. The number of rotatable bonds is 4. The largest absolute Gasteiger partial charge is 0.395 e. The number of nitrogens with zero attached hydrogens (tertiary/aromatic N) is 1. The standard InChI is InChI=1S/C11H15ClN2OS/c1-14(6-7-15)11(16)13-8-9-2-4-10(12)5-3-9/h2-5,15H,6-8H2,1H3,(H,13,16). The van der Waals surface area contributed by atoms with Crippen LogP contribution >= 0.6 is 23.8 Å². The molecule has 5 heteroatoms. The smallest absolute Gasteiger partial charge is 0.169 e. The molecule has 0 aliphatic carbocycles. The van der Waals surface area contributed by atoms with Gasteiger partial charge in [0.05, 0.1) is 6.61 Å². The van der Waals surface area contributed by atoms with Gasteiger partial charge >= 0.3 is 0 Å². The third-order valence-corrected chi connectivity index (χ3v) is 2.85. The van der Waals surface area contributed by atoms with E-state index in [1.54, 1.807) is 4.90 Å². The van der Waals surface area contributed by atoms with Crippen LogP contribution in [-0.4, -0.2) is 35.3 Å². The van der Waals surface area contributed by atoms with E-state index in [4.69, 9.17) is 28.9 Å². The van der Waals surface area contributed by atoms with Gasteiger partial charge in [-0.3, -0.25) is 0 Å². The predicted octanol–water partition coefficient (Wildman–Crippen LogP) is 1.64. The third kappa shape index (κ3) is 4.35. The van der Waals surface area contributed by atoms with E-state index in [-0.39, 0.29) is 6.61 Å². The summed E-state index contributed by atoms with van der Waals surface area (Å²) in [7, 11) is 1.84. The molecular weight excluding hydrogens is 244 g/mol. The number of aliphatic hydroxyl groups is 1. The summed E-state index contributed by atoms with van der Waals surface area (Å²) in [5.41, 5.74) is 1.11. The molecule has 0 saturated carbocycles. The van der Waals surface area contributed by atoms with Crippen molar-refractivity contribution in [2.24, 2.45) is 0 Å². The molecule has 3 nitrogen and oxygen atoms in total. The van der Waals surface area contributed by atoms with Crippen LogP contribution in [0.15, 0.2) is 24.3 Å². The maximum Gasteiger partial charge on any atom is 0.169 e. The van der Waals surface area contributed by atoms with Crippen LogP contribution in [-0.2, 0) is 6.54 Å². The van der Waals surface area contributed by atoms with Gasteiger partial charge in [0.15, 0.2) is 5.11 Å². The monoisotopic (exact) mass is 258 g/mol. The summed E-state index contributed by atoms with van der Waals surface area (Å²) >= 11 is 10.9. The summed E-state index contributed by atoms with van der Waals surface area (Å²) in [5.74, 6) is 0. The molecule has 0 bridgehead atoms. The number of nitrogens with one attached hydrogen (secondary N) is 1. The Balaban J connectivity index is 2.39. The van der Waals surface area contributed by atoms with Crippen LogP contribution in [0.1, 0.15) is 5.56 Å². The second-order valence-electron chi connectivity index (χ2n) is 3.43. The Morgan fingerprint density at radius 3 is 2.62 bits per heavy atom. The summed E-state index contributed by atoms with van der Waals surface area (Å²) in [6, 6.07) is 7.59. The van der Waals surface area contributed by atoms with E-state index in [0.717, 1.165) is 10.6 Å². The Hall–Kier alpha value is -0.840. The topological polar surface area (TPSA) is 35.5 Å². The number of likely N-dealkylation sites (N-methyl/N-ethyl adjacent to an activating group) is 1. The zero-order chi connectivity index (χ0) is 12.0. The highest BCUT2D eigenvalue weighted by Gasteiger charge is 2.02. The van der Waals surface area contributed by atoms with Crippen molar-refractivity contribution in [2.75, 3.05) is 20.2 Å². The molecule has 0 unspecified atom stereocenters. The predicted molar refractivity (Wildman–Crippen MR) is 70.6 cm³/mol. The van der Waals surface area contributed by atoms with Gasteiger partial charge in [-0.15, -0.1) is 0 Å². The Morgan fingerprint density at radius 2 is 2.06 bits per heavy atom. The third-order valence-electron chi connectivity index (χ3n) is 2.14.